The Bertz CT molecular complexity index is 809. The number of hydrogen-bond donors (Lipinski definition) is 1. The lowest BCUT2D eigenvalue weighted by Gasteiger charge is -2.16. The van der Waals surface area contributed by atoms with E-state index in [2.05, 4.69) is 9.97 Å². The Morgan fingerprint density at radius 2 is 2.10 bits per heavy atom. The Kier molecular flexibility index (Phi) is 3.17. The highest BCUT2D eigenvalue weighted by Gasteiger charge is 2.17. The summed E-state index contributed by atoms with van der Waals surface area (Å²) < 4.78 is 2.02. The molecule has 3 rings (SSSR count). The Hall–Kier alpha value is -2.69. The summed E-state index contributed by atoms with van der Waals surface area (Å²) in [5.41, 5.74) is 2.78. The molecule has 21 heavy (non-hydrogen) atoms. The van der Waals surface area contributed by atoms with E-state index < -0.39 is 5.97 Å². The number of carboxylic acids is 1. The number of nitrogens with zero attached hydrogens (tertiary/aromatic N) is 3. The van der Waals surface area contributed by atoms with E-state index in [0.717, 1.165) is 22.6 Å². The van der Waals surface area contributed by atoms with Crippen molar-refractivity contribution < 1.29 is 9.90 Å². The number of aromatic carboxylic acids is 1. The number of rotatable bonds is 3. The summed E-state index contributed by atoms with van der Waals surface area (Å²) in [5, 5.41) is 9.16. The van der Waals surface area contributed by atoms with E-state index in [1.807, 2.05) is 36.6 Å². The number of aryl methyl sites for hydroxylation is 1. The third-order valence-corrected chi connectivity index (χ3v) is 3.62. The molecule has 106 valence electrons. The van der Waals surface area contributed by atoms with Crippen molar-refractivity contribution in [2.75, 3.05) is 0 Å². The molecule has 0 saturated carbocycles. The van der Waals surface area contributed by atoms with Gasteiger partial charge in [0, 0.05) is 6.20 Å². The minimum Gasteiger partial charge on any atom is -0.478 e. The molecule has 0 saturated heterocycles. The van der Waals surface area contributed by atoms with Crippen molar-refractivity contribution in [1.29, 1.82) is 0 Å². The third kappa shape index (κ3) is 2.27. The molecular formula is C16H15N3O2. The molecule has 0 radical (unpaired) electrons. The molecule has 1 atom stereocenters. The smallest absolute Gasteiger partial charge is 0.335 e. The van der Waals surface area contributed by atoms with Gasteiger partial charge in [0.25, 0.3) is 0 Å². The zero-order valence-electron chi connectivity index (χ0n) is 11.8. The molecule has 0 aliphatic rings. The van der Waals surface area contributed by atoms with Crippen LogP contribution < -0.4 is 0 Å². The van der Waals surface area contributed by atoms with Crippen molar-refractivity contribution in [3.63, 3.8) is 0 Å². The van der Waals surface area contributed by atoms with Gasteiger partial charge in [-0.2, -0.15) is 0 Å². The molecule has 1 aromatic carbocycles. The minimum atomic E-state index is -0.937. The molecule has 5 heteroatoms. The van der Waals surface area contributed by atoms with E-state index in [1.165, 1.54) is 0 Å². The standard InChI is InChI=1S/C16H15N3O2/c1-10(13-5-3-4-8-17-13)19-11(2)18-14-7-6-12(16(20)21)9-15(14)19/h3-10H,1-2H3,(H,20,21). The van der Waals surface area contributed by atoms with Crippen molar-refractivity contribution in [3.05, 3.63) is 59.7 Å². The number of carboxylic acid groups (broad SMARTS) is 1. The second-order valence-electron chi connectivity index (χ2n) is 4.97. The lowest BCUT2D eigenvalue weighted by Crippen LogP contribution is -2.10. The summed E-state index contributed by atoms with van der Waals surface area (Å²) in [5.74, 6) is -0.0986. The Labute approximate surface area is 121 Å². The van der Waals surface area contributed by atoms with Crippen molar-refractivity contribution in [1.82, 2.24) is 14.5 Å². The molecule has 1 unspecified atom stereocenters. The number of pyridine rings is 1. The highest BCUT2D eigenvalue weighted by atomic mass is 16.4. The molecule has 0 amide bonds. The van der Waals surface area contributed by atoms with Crippen LogP contribution in [0, 0.1) is 6.92 Å². The Morgan fingerprint density at radius 3 is 2.76 bits per heavy atom. The van der Waals surface area contributed by atoms with Gasteiger partial charge in [-0.1, -0.05) is 6.07 Å². The summed E-state index contributed by atoms with van der Waals surface area (Å²) in [4.78, 5) is 20.0. The lowest BCUT2D eigenvalue weighted by molar-refractivity contribution is 0.0697. The molecule has 0 bridgehead atoms. The predicted molar refractivity (Wildman–Crippen MR) is 79.5 cm³/mol. The number of aromatic nitrogens is 3. The summed E-state index contributed by atoms with van der Waals surface area (Å²) >= 11 is 0. The van der Waals surface area contributed by atoms with Gasteiger partial charge < -0.3 is 9.67 Å². The van der Waals surface area contributed by atoms with E-state index in [1.54, 1.807) is 24.4 Å². The van der Waals surface area contributed by atoms with Crippen molar-refractivity contribution in [2.24, 2.45) is 0 Å². The van der Waals surface area contributed by atoms with E-state index in [4.69, 9.17) is 5.11 Å². The van der Waals surface area contributed by atoms with Gasteiger partial charge >= 0.3 is 5.97 Å². The normalized spacial score (nSPS) is 12.5. The zero-order valence-corrected chi connectivity index (χ0v) is 11.8. The first-order valence-electron chi connectivity index (χ1n) is 6.70. The maximum absolute atomic E-state index is 11.2. The number of imidazole rings is 1. The predicted octanol–water partition coefficient (Wildman–Crippen LogP) is 3.05. The van der Waals surface area contributed by atoms with Crippen LogP contribution in [0.3, 0.4) is 0 Å². The van der Waals surface area contributed by atoms with Crippen molar-refractivity contribution in [2.45, 2.75) is 19.9 Å². The van der Waals surface area contributed by atoms with Crippen LogP contribution in [0.1, 0.15) is 34.8 Å². The number of benzene rings is 1. The average Bonchev–Trinajstić information content (AvgIpc) is 2.82. The average molecular weight is 281 g/mol. The Morgan fingerprint density at radius 1 is 1.29 bits per heavy atom. The Balaban J connectivity index is 2.19. The quantitative estimate of drug-likeness (QED) is 0.801. The molecule has 0 aliphatic heterocycles. The first kappa shape index (κ1) is 13.3. The van der Waals surface area contributed by atoms with Gasteiger partial charge in [0.05, 0.1) is 28.3 Å². The van der Waals surface area contributed by atoms with Gasteiger partial charge in [-0.05, 0) is 44.2 Å². The van der Waals surface area contributed by atoms with Crippen LogP contribution >= 0.6 is 0 Å². The number of hydrogen-bond acceptors (Lipinski definition) is 3. The summed E-state index contributed by atoms with van der Waals surface area (Å²) in [6.45, 7) is 3.95. The monoisotopic (exact) mass is 281 g/mol. The van der Waals surface area contributed by atoms with E-state index >= 15 is 0 Å². The van der Waals surface area contributed by atoms with Crippen LogP contribution in [0.4, 0.5) is 0 Å². The molecule has 2 heterocycles. The van der Waals surface area contributed by atoms with Crippen LogP contribution in [-0.2, 0) is 0 Å². The highest BCUT2D eigenvalue weighted by molar-refractivity contribution is 5.92. The van der Waals surface area contributed by atoms with Crippen LogP contribution in [0.25, 0.3) is 11.0 Å². The summed E-state index contributed by atoms with van der Waals surface area (Å²) in [7, 11) is 0. The lowest BCUT2D eigenvalue weighted by atomic mass is 10.1. The van der Waals surface area contributed by atoms with Crippen LogP contribution in [0.2, 0.25) is 0 Å². The molecule has 0 fully saturated rings. The SMILES string of the molecule is Cc1nc2ccc(C(=O)O)cc2n1C(C)c1ccccn1. The molecule has 0 spiro atoms. The maximum atomic E-state index is 11.2. The van der Waals surface area contributed by atoms with Crippen molar-refractivity contribution in [3.8, 4) is 0 Å². The second-order valence-corrected chi connectivity index (χ2v) is 4.97. The highest BCUT2D eigenvalue weighted by Crippen LogP contribution is 2.25. The fourth-order valence-electron chi connectivity index (χ4n) is 2.59. The minimum absolute atomic E-state index is 0.0137. The number of carbonyl (C=O) groups is 1. The largest absolute Gasteiger partial charge is 0.478 e. The van der Waals surface area contributed by atoms with Crippen LogP contribution in [0.15, 0.2) is 42.6 Å². The van der Waals surface area contributed by atoms with E-state index in [9.17, 15) is 4.79 Å². The van der Waals surface area contributed by atoms with Gasteiger partial charge in [-0.15, -0.1) is 0 Å². The van der Waals surface area contributed by atoms with Crippen LogP contribution in [0.5, 0.6) is 0 Å². The fourth-order valence-corrected chi connectivity index (χ4v) is 2.59. The maximum Gasteiger partial charge on any atom is 0.335 e. The molecule has 3 aromatic rings. The van der Waals surface area contributed by atoms with Gasteiger partial charge in [-0.25, -0.2) is 9.78 Å². The van der Waals surface area contributed by atoms with E-state index in [0.29, 0.717) is 0 Å². The van der Waals surface area contributed by atoms with Crippen molar-refractivity contribution >= 4 is 17.0 Å². The third-order valence-electron chi connectivity index (χ3n) is 3.62. The molecule has 0 aliphatic carbocycles. The topological polar surface area (TPSA) is 68.0 Å². The van der Waals surface area contributed by atoms with E-state index in [-0.39, 0.29) is 11.6 Å². The first-order valence-corrected chi connectivity index (χ1v) is 6.70. The molecule has 5 nitrogen and oxygen atoms in total. The summed E-state index contributed by atoms with van der Waals surface area (Å²) in [6, 6.07) is 10.7. The first-order chi connectivity index (χ1) is 10.1. The molecule has 2 aromatic heterocycles. The van der Waals surface area contributed by atoms with Crippen LogP contribution in [-0.4, -0.2) is 25.6 Å². The van der Waals surface area contributed by atoms with Gasteiger partial charge in [0.15, 0.2) is 0 Å². The van der Waals surface area contributed by atoms with Gasteiger partial charge in [-0.3, -0.25) is 4.98 Å². The zero-order chi connectivity index (χ0) is 15.0. The molecule has 1 N–H and O–H groups in total. The second kappa shape index (κ2) is 5.01. The molecular weight excluding hydrogens is 266 g/mol. The van der Waals surface area contributed by atoms with Gasteiger partial charge in [0.1, 0.15) is 5.82 Å². The fraction of sp³-hybridized carbons (Fsp3) is 0.188. The van der Waals surface area contributed by atoms with Gasteiger partial charge in [0.2, 0.25) is 0 Å². The summed E-state index contributed by atoms with van der Waals surface area (Å²) in [6.07, 6.45) is 1.75. The number of fused-ring (bicyclic) bond motifs is 1.